The molecule has 0 unspecified atom stereocenters. The molecule has 0 aliphatic carbocycles. The Balaban J connectivity index is 1.24. The van der Waals surface area contributed by atoms with Crippen molar-refractivity contribution in [1.29, 1.82) is 0 Å². The van der Waals surface area contributed by atoms with E-state index in [1.165, 1.54) is 83.8 Å². The molecule has 1 aliphatic rings. The van der Waals surface area contributed by atoms with E-state index in [0.29, 0.717) is 57.1 Å². The number of amides is 15. The summed E-state index contributed by atoms with van der Waals surface area (Å²) < 4.78 is 0. The molecule has 0 spiro atoms. The molecule has 2 heterocycles. The summed E-state index contributed by atoms with van der Waals surface area (Å²) in [5, 5.41) is 55.2. The van der Waals surface area contributed by atoms with E-state index in [1.807, 2.05) is 6.92 Å². The van der Waals surface area contributed by atoms with Gasteiger partial charge >= 0.3 is 5.97 Å². The number of aromatic nitrogens is 1. The minimum absolute atomic E-state index is 0.00193. The van der Waals surface area contributed by atoms with Crippen LogP contribution in [0.1, 0.15) is 107 Å². The molecule has 15 N–H and O–H groups in total. The van der Waals surface area contributed by atoms with Crippen LogP contribution in [0.25, 0.3) is 10.9 Å². The summed E-state index contributed by atoms with van der Waals surface area (Å²) in [4.78, 5) is 244. The Bertz CT molecular complexity index is 5020. The molecule has 7 aromatic rings. The van der Waals surface area contributed by atoms with E-state index in [2.05, 4.69) is 52.8 Å². The molecule has 11 atom stereocenters. The standard InChI is InChI=1S/C92H116N16O19/c1-11-12-32-73-90(125)105(7)53-79(114)97-70(49-80(115)116)86(121)103-81(55(4)5)92(127)107(9)74(45-57-26-18-14-19-27-57)87(122)102-71(44-60-35-39-63(110)40-36-60)88(123)104(6)52-78(113)96-68(47-61-50-94-65-31-23-22-30-64(61)65)85(120)100-67(42-59-33-37-62(109)38-34-59)84(119)99-66(41-54(2)3)83(118)101-69(82(117)95-51-76(93)111)48-77(112)98-72(43-56-24-16-13-17-25-56)89(124)108(10)75(91(126)106(73)8)46-58-28-20-15-21-29-58/h13-31,33-40,50,54-55,66-75,81,94,109-110H,11-12,32,41-49,51-53H2,1-10H3,(H2,93,111)(H,95,117)(H,96,113)(H,97,114)(H,98,112)(H,99,119)(H,100,120)(H,101,118)(H,102,122)(H,103,121)(H,115,116)/t66-,67-,68-,69-,70-,71-,72-,73-,74-,75-,81-/m0/s1. The number of unbranched alkanes of at least 4 members (excludes halogenated alkanes) is 1. The van der Waals surface area contributed by atoms with Crippen molar-refractivity contribution in [2.24, 2.45) is 17.6 Å². The highest BCUT2D eigenvalue weighted by Gasteiger charge is 2.43. The molecule has 127 heavy (non-hydrogen) atoms. The molecule has 1 aromatic heterocycles. The number of hydrogen-bond donors (Lipinski definition) is 14. The third-order valence-corrected chi connectivity index (χ3v) is 21.9. The van der Waals surface area contributed by atoms with Gasteiger partial charge in [0.1, 0.15) is 78.0 Å². The smallest absolute Gasteiger partial charge is 0.305 e. The number of phenolic OH excluding ortho intramolecular Hbond substituents is 2. The lowest BCUT2D eigenvalue weighted by Gasteiger charge is -2.37. The molecular weight excluding hydrogens is 1630 g/mol. The number of hydrogen-bond acceptors (Lipinski definition) is 18. The number of rotatable bonds is 23. The van der Waals surface area contributed by atoms with Gasteiger partial charge in [-0.2, -0.15) is 0 Å². The molecule has 0 bridgehead atoms. The fourth-order valence-electron chi connectivity index (χ4n) is 14.9. The summed E-state index contributed by atoms with van der Waals surface area (Å²) in [7, 11) is 6.44. The first-order valence-electron chi connectivity index (χ1n) is 42.1. The molecular formula is C92H116N16O19. The number of carbonyl (C=O) groups excluding carboxylic acids is 15. The Morgan fingerprint density at radius 2 is 0.874 bits per heavy atom. The van der Waals surface area contributed by atoms with Crippen LogP contribution >= 0.6 is 0 Å². The van der Waals surface area contributed by atoms with Crippen molar-refractivity contribution in [2.75, 3.05) is 54.9 Å². The summed E-state index contributed by atoms with van der Waals surface area (Å²) in [5.41, 5.74) is 8.96. The monoisotopic (exact) mass is 1750 g/mol. The van der Waals surface area contributed by atoms with Gasteiger partial charge in [0, 0.05) is 90.9 Å². The van der Waals surface area contributed by atoms with E-state index in [9.17, 15) is 48.9 Å². The Hall–Kier alpha value is -14.0. The first-order chi connectivity index (χ1) is 60.4. The van der Waals surface area contributed by atoms with E-state index >= 15 is 43.2 Å². The van der Waals surface area contributed by atoms with Crippen LogP contribution in [0.2, 0.25) is 0 Å². The second-order valence-corrected chi connectivity index (χ2v) is 32.8. The number of likely N-dealkylation sites (N-methyl/N-ethyl adjacent to an activating group) is 5. The average Bonchev–Trinajstić information content (AvgIpc) is 1.01. The number of nitrogens with two attached hydrogens (primary N) is 1. The molecule has 1 aliphatic heterocycles. The van der Waals surface area contributed by atoms with Crippen molar-refractivity contribution in [1.82, 2.24) is 77.3 Å². The predicted molar refractivity (Wildman–Crippen MR) is 469 cm³/mol. The fraction of sp³-hybridized carbons (Fsp3) is 0.413. The molecule has 35 nitrogen and oxygen atoms in total. The number of H-pyrrole nitrogens is 1. The van der Waals surface area contributed by atoms with Gasteiger partial charge in [-0.15, -0.1) is 0 Å². The minimum atomic E-state index is -1.91. The number of aliphatic carboxylic acids is 1. The lowest BCUT2D eigenvalue weighted by Crippen LogP contribution is -2.61. The fourth-order valence-corrected chi connectivity index (χ4v) is 14.9. The molecule has 1 fully saturated rings. The maximum atomic E-state index is 15.6. The Morgan fingerprint density at radius 1 is 0.441 bits per heavy atom. The number of carbonyl (C=O) groups is 16. The van der Waals surface area contributed by atoms with Crippen LogP contribution in [0.3, 0.4) is 0 Å². The molecule has 1 saturated heterocycles. The zero-order chi connectivity index (χ0) is 92.9. The van der Waals surface area contributed by atoms with Crippen molar-refractivity contribution in [3.63, 3.8) is 0 Å². The van der Waals surface area contributed by atoms with Crippen LogP contribution in [0.15, 0.2) is 170 Å². The zero-order valence-electron chi connectivity index (χ0n) is 73.0. The molecule has 15 amide bonds. The van der Waals surface area contributed by atoms with E-state index in [4.69, 9.17) is 5.73 Å². The number of para-hydroxylation sites is 1. The molecule has 0 saturated carbocycles. The van der Waals surface area contributed by atoms with Gasteiger partial charge in [0.2, 0.25) is 88.6 Å². The molecule has 678 valence electrons. The largest absolute Gasteiger partial charge is 0.508 e. The summed E-state index contributed by atoms with van der Waals surface area (Å²) in [5.74, 6) is -17.6. The highest BCUT2D eigenvalue weighted by atomic mass is 16.4. The quantitative estimate of drug-likeness (QED) is 0.0435. The second kappa shape index (κ2) is 47.2. The van der Waals surface area contributed by atoms with Gasteiger partial charge in [-0.25, -0.2) is 0 Å². The van der Waals surface area contributed by atoms with E-state index in [0.717, 1.165) is 24.5 Å². The lowest BCUT2D eigenvalue weighted by atomic mass is 9.98. The number of aromatic amines is 1. The zero-order valence-corrected chi connectivity index (χ0v) is 73.0. The average molecular weight is 1750 g/mol. The molecule has 35 heteroatoms. The highest BCUT2D eigenvalue weighted by Crippen LogP contribution is 2.24. The van der Waals surface area contributed by atoms with Crippen molar-refractivity contribution in [2.45, 2.75) is 178 Å². The Labute approximate surface area is 736 Å². The summed E-state index contributed by atoms with van der Waals surface area (Å²) in [6, 6.07) is 26.0. The van der Waals surface area contributed by atoms with Crippen molar-refractivity contribution in [3.8, 4) is 11.5 Å². The maximum Gasteiger partial charge on any atom is 0.305 e. The second-order valence-electron chi connectivity index (χ2n) is 32.8. The lowest BCUT2D eigenvalue weighted by molar-refractivity contribution is -0.151. The van der Waals surface area contributed by atoms with Crippen LogP contribution in [-0.4, -0.2) is 261 Å². The first-order valence-corrected chi connectivity index (χ1v) is 42.1. The Kier molecular flexibility index (Phi) is 36.6. The van der Waals surface area contributed by atoms with Gasteiger partial charge < -0.3 is 98.4 Å². The first kappa shape index (κ1) is 98.4. The van der Waals surface area contributed by atoms with Crippen LogP contribution in [0.5, 0.6) is 11.5 Å². The summed E-state index contributed by atoms with van der Waals surface area (Å²) in [6.45, 7) is 5.96. The third-order valence-electron chi connectivity index (χ3n) is 21.9. The topological polar surface area (TPSA) is 500 Å². The van der Waals surface area contributed by atoms with Gasteiger partial charge in [0.25, 0.3) is 0 Å². The SMILES string of the molecule is CCCC[C@H]1C(=O)N(C)CC(=O)N[C@@H](CC(=O)O)C(=O)N[C@@H](C(C)C)C(=O)N(C)[C@@H](Cc2ccccc2)C(=O)N[C@@H](Cc2ccc(O)cc2)C(=O)N(C)CC(=O)N[C@@H](Cc2c[nH]c3ccccc23)C(=O)N[C@@H](Cc2ccc(O)cc2)C(=O)N[C@@H](CC(C)C)C(=O)N[C@H](C(=O)NCC(N)=O)CC(=O)N[C@@H](Cc2ccccc2)C(=O)N(C)[C@@H](Cc2ccccc2)C(=O)N1C. The van der Waals surface area contributed by atoms with E-state index < -0.39 is 205 Å². The minimum Gasteiger partial charge on any atom is -0.508 e. The molecule has 0 radical (unpaired) electrons. The van der Waals surface area contributed by atoms with E-state index in [1.54, 1.807) is 149 Å². The number of nitrogens with one attached hydrogen (secondary N) is 10. The van der Waals surface area contributed by atoms with Crippen molar-refractivity contribution >= 4 is 105 Å². The number of phenols is 2. The van der Waals surface area contributed by atoms with Crippen LogP contribution in [0, 0.1) is 11.8 Å². The molecule has 6 aromatic carbocycles. The van der Waals surface area contributed by atoms with Gasteiger partial charge in [-0.05, 0) is 88.4 Å². The number of carboxylic acids is 1. The van der Waals surface area contributed by atoms with E-state index in [-0.39, 0.29) is 62.9 Å². The van der Waals surface area contributed by atoms with Crippen LogP contribution in [0.4, 0.5) is 0 Å². The van der Waals surface area contributed by atoms with Crippen LogP contribution < -0.4 is 53.6 Å². The number of carboxylic acid groups (broad SMARTS) is 1. The predicted octanol–water partition coefficient (Wildman–Crippen LogP) is 1.98. The summed E-state index contributed by atoms with van der Waals surface area (Å²) >= 11 is 0. The Morgan fingerprint density at radius 3 is 1.40 bits per heavy atom. The number of primary amides is 1. The molecule has 8 rings (SSSR count). The maximum absolute atomic E-state index is 15.6. The van der Waals surface area contributed by atoms with Gasteiger partial charge in [-0.1, -0.05) is 181 Å². The van der Waals surface area contributed by atoms with Gasteiger partial charge in [-0.3, -0.25) is 76.7 Å². The summed E-state index contributed by atoms with van der Waals surface area (Å²) in [6.07, 6.45) is -1.23. The van der Waals surface area contributed by atoms with Crippen molar-refractivity contribution < 1.29 is 92.0 Å². The normalized spacial score (nSPS) is 21.9. The van der Waals surface area contributed by atoms with Crippen molar-refractivity contribution in [3.05, 3.63) is 203 Å². The highest BCUT2D eigenvalue weighted by molar-refractivity contribution is 6.02. The van der Waals surface area contributed by atoms with Gasteiger partial charge in [0.05, 0.1) is 32.5 Å². The van der Waals surface area contributed by atoms with Gasteiger partial charge in [0.15, 0.2) is 0 Å². The third kappa shape index (κ3) is 29.3. The number of nitrogens with zero attached hydrogens (tertiary/aromatic N) is 5. The number of fused-ring (bicyclic) bond motifs is 1. The van der Waals surface area contributed by atoms with Crippen LogP contribution in [-0.2, 0) is 115 Å². The number of benzene rings is 6. The number of aromatic hydroxyl groups is 2.